The third-order valence-electron chi connectivity index (χ3n) is 2.16. The molecule has 22 heavy (non-hydrogen) atoms. The number of carboxylic acids is 2. The summed E-state index contributed by atoms with van der Waals surface area (Å²) in [5, 5.41) is 22.3. The van der Waals surface area contributed by atoms with E-state index < -0.39 is 11.9 Å². The molecular weight excluding hydrogens is 314 g/mol. The second-order valence-electron chi connectivity index (χ2n) is 3.51. The van der Waals surface area contributed by atoms with Crippen LogP contribution in [0, 0.1) is 0 Å². The summed E-state index contributed by atoms with van der Waals surface area (Å²) in [5.41, 5.74) is 0.0200. The van der Waals surface area contributed by atoms with Crippen LogP contribution in [-0.2, 0) is 0 Å². The van der Waals surface area contributed by atoms with Crippen LogP contribution in [0.1, 0.15) is 20.7 Å². The quantitative estimate of drug-likeness (QED) is 0.396. The zero-order valence-electron chi connectivity index (χ0n) is 11.8. The van der Waals surface area contributed by atoms with Crippen LogP contribution in [-0.4, -0.2) is 21.9 Å². The van der Waals surface area contributed by atoms with Gasteiger partial charge in [-0.25, -0.2) is 9.97 Å². The first-order valence-corrected chi connectivity index (χ1v) is 7.40. The Balaban J connectivity index is 0.00000220. The smallest absolute Gasteiger partial charge is 0.545 e. The average Bonchev–Trinajstić information content (AvgIpc) is 2.46. The monoisotopic (exact) mass is 320 g/mol. The number of nitrogens with zero attached hydrogens (tertiary/aromatic N) is 2. The standard InChI is InChI=1S/C12H8N2O4S2.2Li/c15-11(16)7-1-3-9(13-5-7)19-20-10-4-2-8(6-14-10)12(17)18;;/h1-6H,(H,15,16)(H,17,18);;/q;2*+1/p-2. The normalized spacial score (nSPS) is 9.27. The SMILES string of the molecule is O=C([O-])c1ccc(SSc2ccc(C(=O)[O-])cn2)nc1.[Li+].[Li+]. The Hall–Kier alpha value is -0.865. The molecule has 0 fully saturated rings. The summed E-state index contributed by atoms with van der Waals surface area (Å²) in [7, 11) is 2.55. The maximum absolute atomic E-state index is 10.6. The predicted molar refractivity (Wildman–Crippen MR) is 68.8 cm³/mol. The van der Waals surface area contributed by atoms with Gasteiger partial charge in [0.25, 0.3) is 0 Å². The number of carbonyl (C=O) groups excluding carboxylic acids is 2. The molecule has 0 aliphatic heterocycles. The molecule has 0 aliphatic rings. The molecule has 2 heterocycles. The minimum atomic E-state index is -1.28. The number of aromatic nitrogens is 2. The number of aromatic carboxylic acids is 2. The van der Waals surface area contributed by atoms with Gasteiger partial charge in [-0.15, -0.1) is 0 Å². The van der Waals surface area contributed by atoms with E-state index in [4.69, 9.17) is 0 Å². The van der Waals surface area contributed by atoms with E-state index in [0.29, 0.717) is 10.1 Å². The van der Waals surface area contributed by atoms with Gasteiger partial charge < -0.3 is 19.8 Å². The van der Waals surface area contributed by atoms with Crippen molar-refractivity contribution >= 4 is 33.5 Å². The molecule has 0 spiro atoms. The van der Waals surface area contributed by atoms with Crippen LogP contribution in [0.2, 0.25) is 0 Å². The summed E-state index contributed by atoms with van der Waals surface area (Å²) in [5.74, 6) is -2.55. The van der Waals surface area contributed by atoms with E-state index in [1.807, 2.05) is 0 Å². The first-order chi connectivity index (χ1) is 9.56. The van der Waals surface area contributed by atoms with E-state index in [-0.39, 0.29) is 48.8 Å². The zero-order chi connectivity index (χ0) is 14.5. The van der Waals surface area contributed by atoms with Crippen LogP contribution < -0.4 is 47.9 Å². The summed E-state index contributed by atoms with van der Waals surface area (Å²) in [6.07, 6.45) is 2.43. The molecule has 2 aromatic rings. The van der Waals surface area contributed by atoms with Gasteiger partial charge in [-0.2, -0.15) is 0 Å². The van der Waals surface area contributed by atoms with Gasteiger partial charge in [-0.3, -0.25) is 0 Å². The molecule has 0 amide bonds. The Labute approximate surface area is 158 Å². The Morgan fingerprint density at radius 3 is 1.36 bits per heavy atom. The molecule has 0 N–H and O–H groups in total. The van der Waals surface area contributed by atoms with Crippen molar-refractivity contribution in [3.05, 3.63) is 47.8 Å². The number of carboxylic acid groups (broad SMARTS) is 2. The van der Waals surface area contributed by atoms with Crippen molar-refractivity contribution in [2.24, 2.45) is 0 Å². The van der Waals surface area contributed by atoms with Gasteiger partial charge in [0.15, 0.2) is 0 Å². The molecule has 102 valence electrons. The van der Waals surface area contributed by atoms with Crippen molar-refractivity contribution in [3.8, 4) is 0 Å². The number of rotatable bonds is 5. The van der Waals surface area contributed by atoms with E-state index in [9.17, 15) is 19.8 Å². The maximum atomic E-state index is 10.6. The van der Waals surface area contributed by atoms with Gasteiger partial charge in [0.05, 0.1) is 11.9 Å². The fourth-order valence-corrected chi connectivity index (χ4v) is 2.90. The Kier molecular flexibility index (Phi) is 9.62. The first-order valence-electron chi connectivity index (χ1n) is 5.25. The maximum Gasteiger partial charge on any atom is 1.00 e. The second-order valence-corrected chi connectivity index (χ2v) is 5.68. The summed E-state index contributed by atoms with van der Waals surface area (Å²) in [6.45, 7) is 0. The molecule has 0 bridgehead atoms. The summed E-state index contributed by atoms with van der Waals surface area (Å²) >= 11 is 0. The fraction of sp³-hybridized carbons (Fsp3) is 0. The van der Waals surface area contributed by atoms with Crippen molar-refractivity contribution in [3.63, 3.8) is 0 Å². The average molecular weight is 320 g/mol. The van der Waals surface area contributed by atoms with Gasteiger partial charge in [0.2, 0.25) is 0 Å². The summed E-state index contributed by atoms with van der Waals surface area (Å²) in [4.78, 5) is 29.0. The molecular formula is C12H6Li2N2O4S2. The number of hydrogen-bond donors (Lipinski definition) is 0. The molecule has 6 nitrogen and oxygen atoms in total. The number of pyridine rings is 2. The number of hydrogen-bond acceptors (Lipinski definition) is 8. The summed E-state index contributed by atoms with van der Waals surface area (Å²) < 4.78 is 0. The van der Waals surface area contributed by atoms with Gasteiger partial charge in [0, 0.05) is 23.5 Å². The molecule has 10 heteroatoms. The molecule has 0 aliphatic carbocycles. The largest absolute Gasteiger partial charge is 1.00 e. The van der Waals surface area contributed by atoms with Crippen molar-refractivity contribution in [2.45, 2.75) is 10.1 Å². The van der Waals surface area contributed by atoms with E-state index in [1.54, 1.807) is 12.1 Å². The van der Waals surface area contributed by atoms with Crippen molar-refractivity contribution in [1.29, 1.82) is 0 Å². The molecule has 0 atom stereocenters. The van der Waals surface area contributed by atoms with Gasteiger partial charge >= 0.3 is 37.7 Å². The Morgan fingerprint density at radius 2 is 1.14 bits per heavy atom. The predicted octanol–water partition coefficient (Wildman–Crippen LogP) is -5.99. The van der Waals surface area contributed by atoms with E-state index in [1.165, 1.54) is 46.1 Å². The third kappa shape index (κ3) is 6.09. The molecule has 0 saturated heterocycles. The molecule has 0 saturated carbocycles. The second kappa shape index (κ2) is 10.0. The molecule has 0 radical (unpaired) electrons. The summed E-state index contributed by atoms with van der Waals surface area (Å²) in [6, 6.07) is 5.91. The van der Waals surface area contributed by atoms with Gasteiger partial charge in [0.1, 0.15) is 10.1 Å². The first kappa shape index (κ1) is 21.1. The molecule has 0 aromatic carbocycles. The van der Waals surface area contributed by atoms with E-state index in [2.05, 4.69) is 9.97 Å². The molecule has 0 unspecified atom stereocenters. The van der Waals surface area contributed by atoms with E-state index >= 15 is 0 Å². The van der Waals surface area contributed by atoms with Crippen molar-refractivity contribution < 1.29 is 57.5 Å². The van der Waals surface area contributed by atoms with E-state index in [0.717, 1.165) is 0 Å². The Bertz CT molecular complexity index is 581. The molecule has 2 rings (SSSR count). The van der Waals surface area contributed by atoms with Crippen LogP contribution in [0.25, 0.3) is 0 Å². The van der Waals surface area contributed by atoms with Gasteiger partial charge in [-0.05, 0) is 45.9 Å². The van der Waals surface area contributed by atoms with Crippen LogP contribution in [0.4, 0.5) is 0 Å². The van der Waals surface area contributed by atoms with Crippen LogP contribution in [0.3, 0.4) is 0 Å². The fourth-order valence-electron chi connectivity index (χ4n) is 1.19. The van der Waals surface area contributed by atoms with Crippen LogP contribution >= 0.6 is 21.6 Å². The van der Waals surface area contributed by atoms with Gasteiger partial charge in [-0.1, -0.05) is 0 Å². The van der Waals surface area contributed by atoms with Crippen LogP contribution in [0.15, 0.2) is 46.7 Å². The van der Waals surface area contributed by atoms with Crippen molar-refractivity contribution in [1.82, 2.24) is 9.97 Å². The minimum absolute atomic E-state index is 0. The topological polar surface area (TPSA) is 106 Å². The third-order valence-corrected chi connectivity index (χ3v) is 4.34. The number of carbonyl (C=O) groups is 2. The zero-order valence-corrected chi connectivity index (χ0v) is 13.4. The van der Waals surface area contributed by atoms with Crippen LogP contribution in [0.5, 0.6) is 0 Å². The molecule has 2 aromatic heterocycles. The Morgan fingerprint density at radius 1 is 0.773 bits per heavy atom. The van der Waals surface area contributed by atoms with Crippen molar-refractivity contribution in [2.75, 3.05) is 0 Å². The minimum Gasteiger partial charge on any atom is -0.545 e.